The minimum absolute atomic E-state index is 0.0337. The molecular formula is C13H21NO3. The molecule has 0 aromatic carbocycles. The number of nitrogens with zero attached hydrogens (tertiary/aromatic N) is 1. The molecule has 1 aliphatic heterocycles. The summed E-state index contributed by atoms with van der Waals surface area (Å²) in [5.41, 5.74) is 0. The van der Waals surface area contributed by atoms with Crippen LogP contribution in [0.1, 0.15) is 39.0 Å². The van der Waals surface area contributed by atoms with Gasteiger partial charge in [0, 0.05) is 13.1 Å². The van der Waals surface area contributed by atoms with Crippen LogP contribution in [0.4, 0.5) is 0 Å². The van der Waals surface area contributed by atoms with Crippen LogP contribution in [0.15, 0.2) is 0 Å². The van der Waals surface area contributed by atoms with Gasteiger partial charge in [0.15, 0.2) is 6.61 Å². The van der Waals surface area contributed by atoms with Crippen LogP contribution in [0.2, 0.25) is 0 Å². The van der Waals surface area contributed by atoms with Crippen molar-refractivity contribution in [2.24, 2.45) is 11.8 Å². The number of likely N-dealkylation sites (tertiary alicyclic amines) is 1. The van der Waals surface area contributed by atoms with Crippen molar-refractivity contribution in [2.75, 3.05) is 19.7 Å². The molecule has 1 saturated carbocycles. The Hall–Kier alpha value is -1.06. The van der Waals surface area contributed by atoms with Crippen LogP contribution in [0.3, 0.4) is 0 Å². The topological polar surface area (TPSA) is 46.6 Å². The van der Waals surface area contributed by atoms with Crippen LogP contribution in [-0.4, -0.2) is 36.5 Å². The van der Waals surface area contributed by atoms with Gasteiger partial charge in [0.05, 0.1) is 5.92 Å². The van der Waals surface area contributed by atoms with Gasteiger partial charge in [-0.25, -0.2) is 0 Å². The van der Waals surface area contributed by atoms with Gasteiger partial charge in [-0.2, -0.15) is 0 Å². The smallest absolute Gasteiger partial charge is 0.309 e. The number of esters is 1. The predicted octanol–water partition coefficient (Wildman–Crippen LogP) is 1.59. The summed E-state index contributed by atoms with van der Waals surface area (Å²) >= 11 is 0. The Kier molecular flexibility index (Phi) is 4.02. The van der Waals surface area contributed by atoms with Crippen molar-refractivity contribution < 1.29 is 14.3 Å². The first kappa shape index (κ1) is 12.4. The van der Waals surface area contributed by atoms with E-state index in [0.717, 1.165) is 32.4 Å². The van der Waals surface area contributed by atoms with Gasteiger partial charge < -0.3 is 9.64 Å². The second-order valence-corrected chi connectivity index (χ2v) is 5.22. The van der Waals surface area contributed by atoms with E-state index in [1.807, 2.05) is 11.8 Å². The van der Waals surface area contributed by atoms with Crippen LogP contribution >= 0.6 is 0 Å². The number of rotatable bonds is 3. The highest BCUT2D eigenvalue weighted by atomic mass is 16.5. The molecule has 2 atom stereocenters. The van der Waals surface area contributed by atoms with E-state index < -0.39 is 0 Å². The van der Waals surface area contributed by atoms with Gasteiger partial charge in [0.1, 0.15) is 0 Å². The molecule has 0 bridgehead atoms. The molecule has 2 rings (SSSR count). The highest BCUT2D eigenvalue weighted by molar-refractivity contribution is 5.82. The van der Waals surface area contributed by atoms with Gasteiger partial charge in [-0.15, -0.1) is 0 Å². The lowest BCUT2D eigenvalue weighted by Crippen LogP contribution is -2.35. The summed E-state index contributed by atoms with van der Waals surface area (Å²) < 4.78 is 5.06. The first-order chi connectivity index (χ1) is 8.18. The van der Waals surface area contributed by atoms with Crippen LogP contribution in [0, 0.1) is 11.8 Å². The molecule has 2 aliphatic rings. The number of hydrogen-bond acceptors (Lipinski definition) is 3. The highest BCUT2D eigenvalue weighted by Crippen LogP contribution is 2.38. The lowest BCUT2D eigenvalue weighted by atomic mass is 10.2. The number of carbonyl (C=O) groups excluding carboxylic acids is 2. The standard InChI is InChI=1S/C13H21NO3/c1-10-8-11(10)13(16)17-9-12(15)14-6-4-2-3-5-7-14/h10-11H,2-9H2,1H3. The molecule has 1 saturated heterocycles. The van der Waals surface area contributed by atoms with Crippen molar-refractivity contribution in [1.29, 1.82) is 0 Å². The largest absolute Gasteiger partial charge is 0.455 e. The van der Waals surface area contributed by atoms with E-state index in [2.05, 4.69) is 0 Å². The van der Waals surface area contributed by atoms with Crippen LogP contribution in [0.5, 0.6) is 0 Å². The fourth-order valence-corrected chi connectivity index (χ4v) is 2.30. The van der Waals surface area contributed by atoms with E-state index in [-0.39, 0.29) is 24.4 Å². The molecule has 2 fully saturated rings. The van der Waals surface area contributed by atoms with Gasteiger partial charge in [-0.3, -0.25) is 9.59 Å². The van der Waals surface area contributed by atoms with Crippen molar-refractivity contribution in [3.63, 3.8) is 0 Å². The molecule has 0 spiro atoms. The maximum absolute atomic E-state index is 11.8. The number of ether oxygens (including phenoxy) is 1. The molecule has 4 nitrogen and oxygen atoms in total. The summed E-state index contributed by atoms with van der Waals surface area (Å²) in [4.78, 5) is 25.1. The van der Waals surface area contributed by atoms with E-state index in [4.69, 9.17) is 4.74 Å². The molecule has 1 amide bonds. The fraction of sp³-hybridized carbons (Fsp3) is 0.846. The Bertz CT molecular complexity index is 295. The van der Waals surface area contributed by atoms with E-state index in [1.165, 1.54) is 12.8 Å². The first-order valence-electron chi connectivity index (χ1n) is 6.63. The van der Waals surface area contributed by atoms with Crippen molar-refractivity contribution >= 4 is 11.9 Å². The molecule has 4 heteroatoms. The van der Waals surface area contributed by atoms with Crippen molar-refractivity contribution in [3.05, 3.63) is 0 Å². The number of hydrogen-bond donors (Lipinski definition) is 0. The van der Waals surface area contributed by atoms with Gasteiger partial charge in [0.25, 0.3) is 5.91 Å². The first-order valence-corrected chi connectivity index (χ1v) is 6.63. The normalized spacial score (nSPS) is 28.4. The SMILES string of the molecule is CC1CC1C(=O)OCC(=O)N1CCCCCC1. The second kappa shape index (κ2) is 5.52. The Morgan fingerprint density at radius 1 is 1.18 bits per heavy atom. The van der Waals surface area contributed by atoms with Gasteiger partial charge >= 0.3 is 5.97 Å². The quantitative estimate of drug-likeness (QED) is 0.703. The number of carbonyl (C=O) groups is 2. The molecule has 2 unspecified atom stereocenters. The number of amides is 1. The van der Waals surface area contributed by atoms with E-state index in [9.17, 15) is 9.59 Å². The van der Waals surface area contributed by atoms with Crippen molar-refractivity contribution in [2.45, 2.75) is 39.0 Å². The molecule has 1 aliphatic carbocycles. The summed E-state index contributed by atoms with van der Waals surface area (Å²) in [5.74, 6) is 0.261. The molecule has 0 N–H and O–H groups in total. The molecule has 0 aromatic heterocycles. The minimum Gasteiger partial charge on any atom is -0.455 e. The van der Waals surface area contributed by atoms with E-state index >= 15 is 0 Å². The zero-order valence-electron chi connectivity index (χ0n) is 10.5. The monoisotopic (exact) mass is 239 g/mol. The van der Waals surface area contributed by atoms with Gasteiger partial charge in [-0.1, -0.05) is 19.8 Å². The maximum Gasteiger partial charge on any atom is 0.309 e. The zero-order chi connectivity index (χ0) is 12.3. The van der Waals surface area contributed by atoms with Crippen LogP contribution in [-0.2, 0) is 14.3 Å². The predicted molar refractivity (Wildman–Crippen MR) is 63.3 cm³/mol. The van der Waals surface area contributed by atoms with Gasteiger partial charge in [0.2, 0.25) is 0 Å². The molecule has 96 valence electrons. The summed E-state index contributed by atoms with van der Waals surface area (Å²) in [6.45, 7) is 3.59. The van der Waals surface area contributed by atoms with E-state index in [1.54, 1.807) is 0 Å². The highest BCUT2D eigenvalue weighted by Gasteiger charge is 2.40. The molecule has 0 radical (unpaired) electrons. The maximum atomic E-state index is 11.8. The third kappa shape index (κ3) is 3.45. The summed E-state index contributed by atoms with van der Waals surface area (Å²) in [6, 6.07) is 0. The molecular weight excluding hydrogens is 218 g/mol. The fourth-order valence-electron chi connectivity index (χ4n) is 2.30. The van der Waals surface area contributed by atoms with Crippen LogP contribution < -0.4 is 0 Å². The summed E-state index contributed by atoms with van der Waals surface area (Å²) in [5, 5.41) is 0. The van der Waals surface area contributed by atoms with Gasteiger partial charge in [-0.05, 0) is 25.2 Å². The summed E-state index contributed by atoms with van der Waals surface area (Å²) in [7, 11) is 0. The Labute approximate surface area is 102 Å². The Morgan fingerprint density at radius 2 is 1.76 bits per heavy atom. The zero-order valence-corrected chi connectivity index (χ0v) is 10.5. The lowest BCUT2D eigenvalue weighted by molar-refractivity contribution is -0.153. The third-order valence-electron chi connectivity index (χ3n) is 3.71. The lowest BCUT2D eigenvalue weighted by Gasteiger charge is -2.19. The molecule has 0 aromatic rings. The third-order valence-corrected chi connectivity index (χ3v) is 3.71. The average Bonchev–Trinajstić information content (AvgIpc) is 3.08. The second-order valence-electron chi connectivity index (χ2n) is 5.22. The Balaban J connectivity index is 1.70. The summed E-state index contributed by atoms with van der Waals surface area (Å²) in [6.07, 6.45) is 5.45. The van der Waals surface area contributed by atoms with E-state index in [0.29, 0.717) is 5.92 Å². The Morgan fingerprint density at radius 3 is 2.29 bits per heavy atom. The van der Waals surface area contributed by atoms with Crippen LogP contribution in [0.25, 0.3) is 0 Å². The van der Waals surface area contributed by atoms with Crippen molar-refractivity contribution in [1.82, 2.24) is 4.90 Å². The average molecular weight is 239 g/mol. The minimum atomic E-state index is -0.194. The molecule has 17 heavy (non-hydrogen) atoms. The molecule has 1 heterocycles. The van der Waals surface area contributed by atoms with Crippen molar-refractivity contribution in [3.8, 4) is 0 Å².